The number of carbonyl (C=O) groups is 1. The van der Waals surface area contributed by atoms with Gasteiger partial charge in [0.25, 0.3) is 0 Å². The van der Waals surface area contributed by atoms with Gasteiger partial charge in [-0.25, -0.2) is 23.3 Å². The zero-order chi connectivity index (χ0) is 28.7. The van der Waals surface area contributed by atoms with Gasteiger partial charge in [-0.15, -0.1) is 0 Å². The molecular weight excluding hydrogens is 530 g/mol. The molecule has 13 heteroatoms. The molecule has 4 aromatic heterocycles. The van der Waals surface area contributed by atoms with Gasteiger partial charge in [0.1, 0.15) is 40.6 Å². The summed E-state index contributed by atoms with van der Waals surface area (Å²) in [5.74, 6) is -1.28. The molecule has 5 heterocycles. The predicted octanol–water partition coefficient (Wildman–Crippen LogP) is 2.69. The Bertz CT molecular complexity index is 1800. The first kappa shape index (κ1) is 26.0. The lowest BCUT2D eigenvalue weighted by atomic mass is 10.1. The molecule has 0 radical (unpaired) electrons. The number of benzene rings is 1. The first-order valence-electron chi connectivity index (χ1n) is 12.8. The van der Waals surface area contributed by atoms with Gasteiger partial charge in [0.05, 0.1) is 30.0 Å². The van der Waals surface area contributed by atoms with E-state index in [4.69, 9.17) is 10.7 Å². The predicted molar refractivity (Wildman–Crippen MR) is 145 cm³/mol. The van der Waals surface area contributed by atoms with Gasteiger partial charge >= 0.3 is 0 Å². The van der Waals surface area contributed by atoms with Crippen molar-refractivity contribution in [1.82, 2.24) is 34.3 Å². The summed E-state index contributed by atoms with van der Waals surface area (Å²) < 4.78 is 30.7. The standard InChI is InChI=1S/C28H24F2N10O/c1-37-15-19(14-34-37)23-16-40-27(18(11-31)13-35-40)26(36-23)17-2-5-24(33-12-17)38-6-8-39(9-7-38)28(41)25(32)21-4-3-20(29)10-22(21)30/h2-5,10,12-16,25H,6-9,32H2,1H3. The third-order valence-electron chi connectivity index (χ3n) is 7.12. The van der Waals surface area contributed by atoms with Crippen molar-refractivity contribution >= 4 is 17.2 Å². The molecule has 0 spiro atoms. The van der Waals surface area contributed by atoms with Gasteiger partial charge in [0.15, 0.2) is 0 Å². The summed E-state index contributed by atoms with van der Waals surface area (Å²) in [5, 5.41) is 18.2. The van der Waals surface area contributed by atoms with E-state index in [9.17, 15) is 18.8 Å². The topological polar surface area (TPSA) is 134 Å². The molecule has 0 aliphatic carbocycles. The van der Waals surface area contributed by atoms with Crippen molar-refractivity contribution in [2.75, 3.05) is 31.1 Å². The van der Waals surface area contributed by atoms with Crippen molar-refractivity contribution in [3.8, 4) is 28.6 Å². The number of anilines is 1. The highest BCUT2D eigenvalue weighted by atomic mass is 19.1. The first-order valence-corrected chi connectivity index (χ1v) is 12.8. The van der Waals surface area contributed by atoms with E-state index in [-0.39, 0.29) is 5.56 Å². The van der Waals surface area contributed by atoms with Crippen LogP contribution in [-0.4, -0.2) is 66.3 Å². The Labute approximate surface area is 233 Å². The molecule has 1 saturated heterocycles. The highest BCUT2D eigenvalue weighted by Crippen LogP contribution is 2.29. The fourth-order valence-corrected chi connectivity index (χ4v) is 4.94. The number of nitrogens with zero attached hydrogens (tertiary/aromatic N) is 9. The van der Waals surface area contributed by atoms with Gasteiger partial charge in [-0.3, -0.25) is 9.48 Å². The van der Waals surface area contributed by atoms with E-state index in [1.54, 1.807) is 32.7 Å². The molecule has 2 N–H and O–H groups in total. The van der Waals surface area contributed by atoms with Crippen molar-refractivity contribution in [3.05, 3.63) is 84.1 Å². The number of pyridine rings is 1. The molecule has 0 bridgehead atoms. The van der Waals surface area contributed by atoms with Gasteiger partial charge in [0, 0.05) is 68.4 Å². The molecular formula is C28H24F2N10O. The molecule has 206 valence electrons. The minimum absolute atomic E-state index is 0.0378. The number of hydrogen-bond donors (Lipinski definition) is 1. The van der Waals surface area contributed by atoms with Crippen LogP contribution in [0.25, 0.3) is 28.0 Å². The van der Waals surface area contributed by atoms with E-state index >= 15 is 0 Å². The number of rotatable bonds is 5. The van der Waals surface area contributed by atoms with Crippen LogP contribution in [0.3, 0.4) is 0 Å². The summed E-state index contributed by atoms with van der Waals surface area (Å²) in [6.07, 6.45) is 8.52. The minimum Gasteiger partial charge on any atom is -0.353 e. The molecule has 1 amide bonds. The number of halogens is 2. The lowest BCUT2D eigenvalue weighted by Crippen LogP contribution is -2.51. The zero-order valence-electron chi connectivity index (χ0n) is 21.9. The summed E-state index contributed by atoms with van der Waals surface area (Å²) in [6, 6.07) is 7.72. The van der Waals surface area contributed by atoms with Crippen LogP contribution < -0.4 is 10.6 Å². The van der Waals surface area contributed by atoms with Crippen LogP contribution in [0.2, 0.25) is 0 Å². The molecule has 11 nitrogen and oxygen atoms in total. The Morgan fingerprint density at radius 3 is 2.49 bits per heavy atom. The van der Waals surface area contributed by atoms with E-state index in [1.807, 2.05) is 30.3 Å². The molecule has 1 aliphatic heterocycles. The monoisotopic (exact) mass is 554 g/mol. The van der Waals surface area contributed by atoms with Crippen LogP contribution in [-0.2, 0) is 11.8 Å². The maximum Gasteiger partial charge on any atom is 0.244 e. The van der Waals surface area contributed by atoms with Crippen LogP contribution in [0.1, 0.15) is 17.2 Å². The number of piperazine rings is 1. The Morgan fingerprint density at radius 2 is 1.83 bits per heavy atom. The Balaban J connectivity index is 1.20. The highest BCUT2D eigenvalue weighted by Gasteiger charge is 2.28. The third kappa shape index (κ3) is 4.85. The molecule has 1 aromatic carbocycles. The Kier molecular flexibility index (Phi) is 6.60. The SMILES string of the molecule is Cn1cc(-c2cn3ncc(C#N)c3c(-c3ccc(N4CCN(C(=O)C(N)c5ccc(F)cc5F)CC4)nc3)n2)cn1. The average Bonchev–Trinajstić information content (AvgIpc) is 3.62. The first-order chi connectivity index (χ1) is 19.8. The highest BCUT2D eigenvalue weighted by molar-refractivity contribution is 5.84. The summed E-state index contributed by atoms with van der Waals surface area (Å²) in [5.41, 5.74) is 9.70. The van der Waals surface area contributed by atoms with E-state index in [0.29, 0.717) is 60.0 Å². The van der Waals surface area contributed by atoms with Crippen LogP contribution >= 0.6 is 0 Å². The van der Waals surface area contributed by atoms with E-state index in [0.717, 1.165) is 17.7 Å². The molecule has 1 unspecified atom stereocenters. The van der Waals surface area contributed by atoms with Crippen LogP contribution in [0.15, 0.2) is 61.3 Å². The average molecular weight is 555 g/mol. The second-order valence-corrected chi connectivity index (χ2v) is 9.70. The van der Waals surface area contributed by atoms with Crippen LogP contribution in [0.5, 0.6) is 0 Å². The number of amides is 1. The molecule has 1 atom stereocenters. The van der Waals surface area contributed by atoms with E-state index < -0.39 is 23.6 Å². The van der Waals surface area contributed by atoms with E-state index in [1.165, 1.54) is 12.3 Å². The van der Waals surface area contributed by atoms with Crippen molar-refractivity contribution in [3.63, 3.8) is 0 Å². The fourth-order valence-electron chi connectivity index (χ4n) is 4.94. The number of nitriles is 1. The number of aryl methyl sites for hydroxylation is 1. The summed E-state index contributed by atoms with van der Waals surface area (Å²) >= 11 is 0. The normalized spacial score (nSPS) is 14.3. The molecule has 0 saturated carbocycles. The van der Waals surface area contributed by atoms with Gasteiger partial charge in [-0.05, 0) is 18.2 Å². The maximum atomic E-state index is 14.2. The molecule has 5 aromatic rings. The second-order valence-electron chi connectivity index (χ2n) is 9.70. The van der Waals surface area contributed by atoms with Crippen LogP contribution in [0.4, 0.5) is 14.6 Å². The van der Waals surface area contributed by atoms with Gasteiger partial charge in [-0.1, -0.05) is 6.07 Å². The molecule has 41 heavy (non-hydrogen) atoms. The summed E-state index contributed by atoms with van der Waals surface area (Å²) in [6.45, 7) is 1.73. The number of fused-ring (bicyclic) bond motifs is 1. The summed E-state index contributed by atoms with van der Waals surface area (Å²) in [4.78, 5) is 26.0. The van der Waals surface area contributed by atoms with Crippen LogP contribution in [0, 0.1) is 23.0 Å². The minimum atomic E-state index is -1.21. The largest absolute Gasteiger partial charge is 0.353 e. The number of hydrogen-bond acceptors (Lipinski definition) is 8. The van der Waals surface area contributed by atoms with Crippen molar-refractivity contribution < 1.29 is 13.6 Å². The Morgan fingerprint density at radius 1 is 1.02 bits per heavy atom. The summed E-state index contributed by atoms with van der Waals surface area (Å²) in [7, 11) is 1.82. The third-order valence-corrected chi connectivity index (χ3v) is 7.12. The molecule has 6 rings (SSSR count). The number of nitrogens with two attached hydrogens (primary N) is 1. The second kappa shape index (κ2) is 10.4. The molecule has 1 fully saturated rings. The number of carbonyl (C=O) groups excluding carboxylic acids is 1. The quantitative estimate of drug-likeness (QED) is 0.351. The van der Waals surface area contributed by atoms with Crippen molar-refractivity contribution in [1.29, 1.82) is 5.26 Å². The van der Waals surface area contributed by atoms with E-state index in [2.05, 4.69) is 21.3 Å². The van der Waals surface area contributed by atoms with Gasteiger partial charge in [0.2, 0.25) is 5.91 Å². The Hall–Kier alpha value is -5.22. The van der Waals surface area contributed by atoms with Gasteiger partial charge < -0.3 is 15.5 Å². The number of aromatic nitrogens is 6. The van der Waals surface area contributed by atoms with Crippen molar-refractivity contribution in [2.45, 2.75) is 6.04 Å². The smallest absolute Gasteiger partial charge is 0.244 e. The lowest BCUT2D eigenvalue weighted by molar-refractivity contribution is -0.133. The lowest BCUT2D eigenvalue weighted by Gasteiger charge is -2.36. The zero-order valence-corrected chi connectivity index (χ0v) is 21.9. The van der Waals surface area contributed by atoms with Crippen molar-refractivity contribution in [2.24, 2.45) is 12.8 Å². The molecule has 1 aliphatic rings. The maximum absolute atomic E-state index is 14.2. The fraction of sp³-hybridized carbons (Fsp3) is 0.214. The van der Waals surface area contributed by atoms with Gasteiger partial charge in [-0.2, -0.15) is 15.5 Å².